The summed E-state index contributed by atoms with van der Waals surface area (Å²) in [6.45, 7) is 1.96. The zero-order valence-electron chi connectivity index (χ0n) is 11.7. The van der Waals surface area contributed by atoms with E-state index in [2.05, 4.69) is 0 Å². The zero-order chi connectivity index (χ0) is 15.0. The van der Waals surface area contributed by atoms with Crippen molar-refractivity contribution in [3.63, 3.8) is 0 Å². The van der Waals surface area contributed by atoms with Gasteiger partial charge >= 0.3 is 0 Å². The molecule has 1 unspecified atom stereocenters. The first-order chi connectivity index (χ1) is 10.1. The number of rotatable bonds is 2. The van der Waals surface area contributed by atoms with Crippen molar-refractivity contribution in [1.82, 2.24) is 0 Å². The fourth-order valence-electron chi connectivity index (χ4n) is 2.70. The van der Waals surface area contributed by atoms with Gasteiger partial charge in [-0.25, -0.2) is 0 Å². The van der Waals surface area contributed by atoms with E-state index in [1.54, 1.807) is 12.1 Å². The molecule has 0 aliphatic carbocycles. The van der Waals surface area contributed by atoms with Crippen molar-refractivity contribution < 1.29 is 9.59 Å². The van der Waals surface area contributed by atoms with Gasteiger partial charge in [0.2, 0.25) is 5.91 Å². The number of carbonyl (C=O) groups is 2. The third-order valence-corrected chi connectivity index (χ3v) is 3.82. The highest BCUT2D eigenvalue weighted by Crippen LogP contribution is 2.33. The Morgan fingerprint density at radius 3 is 2.43 bits per heavy atom. The highest BCUT2D eigenvalue weighted by molar-refractivity contribution is 6.11. The van der Waals surface area contributed by atoms with Gasteiger partial charge < -0.3 is 5.73 Å². The van der Waals surface area contributed by atoms with Crippen molar-refractivity contribution in [2.75, 3.05) is 4.90 Å². The Kier molecular flexibility index (Phi) is 3.22. The minimum atomic E-state index is -0.615. The van der Waals surface area contributed by atoms with E-state index in [1.807, 2.05) is 43.3 Å². The van der Waals surface area contributed by atoms with Crippen molar-refractivity contribution in [3.05, 3.63) is 65.2 Å². The Morgan fingerprint density at radius 1 is 1.10 bits per heavy atom. The number of primary amides is 1. The summed E-state index contributed by atoms with van der Waals surface area (Å²) in [5, 5.41) is 0. The van der Waals surface area contributed by atoms with Crippen LogP contribution in [-0.4, -0.2) is 17.9 Å². The second kappa shape index (κ2) is 5.05. The van der Waals surface area contributed by atoms with Crippen molar-refractivity contribution in [2.45, 2.75) is 19.4 Å². The first-order valence-corrected chi connectivity index (χ1v) is 6.85. The Bertz CT molecular complexity index is 707. The number of benzene rings is 2. The lowest BCUT2D eigenvalue weighted by Crippen LogP contribution is -2.46. The predicted molar refractivity (Wildman–Crippen MR) is 81.1 cm³/mol. The average Bonchev–Trinajstić information content (AvgIpc) is 2.87. The molecule has 106 valence electrons. The summed E-state index contributed by atoms with van der Waals surface area (Å²) in [6.07, 6.45) is 0.475. The van der Waals surface area contributed by atoms with Crippen LogP contribution >= 0.6 is 0 Å². The molecule has 21 heavy (non-hydrogen) atoms. The van der Waals surface area contributed by atoms with Gasteiger partial charge in [-0.1, -0.05) is 35.9 Å². The first kappa shape index (κ1) is 13.4. The van der Waals surface area contributed by atoms with Crippen LogP contribution in [0.1, 0.15) is 21.5 Å². The van der Waals surface area contributed by atoms with Gasteiger partial charge in [0.25, 0.3) is 5.91 Å². The molecule has 2 aromatic rings. The second-order valence-corrected chi connectivity index (χ2v) is 5.29. The molecule has 2 amide bonds. The topological polar surface area (TPSA) is 63.4 Å². The average molecular weight is 280 g/mol. The molecular formula is C17H16N2O2. The molecule has 1 atom stereocenters. The number of anilines is 1. The van der Waals surface area contributed by atoms with Crippen LogP contribution in [0, 0.1) is 6.92 Å². The molecule has 0 fully saturated rings. The minimum Gasteiger partial charge on any atom is -0.368 e. The summed E-state index contributed by atoms with van der Waals surface area (Å²) in [5.74, 6) is -0.671. The molecule has 1 aliphatic rings. The summed E-state index contributed by atoms with van der Waals surface area (Å²) >= 11 is 0. The van der Waals surface area contributed by atoms with E-state index < -0.39 is 11.9 Å². The summed E-state index contributed by atoms with van der Waals surface area (Å²) < 4.78 is 0. The second-order valence-electron chi connectivity index (χ2n) is 5.29. The number of carbonyl (C=O) groups excluding carboxylic acids is 2. The van der Waals surface area contributed by atoms with Crippen molar-refractivity contribution >= 4 is 17.5 Å². The van der Waals surface area contributed by atoms with Crippen LogP contribution in [0.2, 0.25) is 0 Å². The minimum absolute atomic E-state index is 0.191. The van der Waals surface area contributed by atoms with Crippen molar-refractivity contribution in [3.8, 4) is 0 Å². The number of hydrogen-bond acceptors (Lipinski definition) is 2. The fourth-order valence-corrected chi connectivity index (χ4v) is 2.70. The molecule has 4 heteroatoms. The van der Waals surface area contributed by atoms with Gasteiger partial charge in [0.1, 0.15) is 6.04 Å². The summed E-state index contributed by atoms with van der Waals surface area (Å²) in [5.41, 5.74) is 8.86. The molecule has 0 spiro atoms. The third-order valence-electron chi connectivity index (χ3n) is 3.82. The number of aryl methyl sites for hydroxylation is 1. The maximum Gasteiger partial charge on any atom is 0.259 e. The molecule has 0 radical (unpaired) electrons. The zero-order valence-corrected chi connectivity index (χ0v) is 11.7. The van der Waals surface area contributed by atoms with Crippen molar-refractivity contribution in [1.29, 1.82) is 0 Å². The number of para-hydroxylation sites is 1. The van der Waals surface area contributed by atoms with E-state index in [0.717, 1.165) is 16.8 Å². The maximum absolute atomic E-state index is 12.8. The van der Waals surface area contributed by atoms with E-state index in [4.69, 9.17) is 5.73 Å². The normalized spacial score (nSPS) is 16.6. The molecule has 0 saturated carbocycles. The van der Waals surface area contributed by atoms with Gasteiger partial charge in [0, 0.05) is 17.7 Å². The summed E-state index contributed by atoms with van der Waals surface area (Å²) in [7, 11) is 0. The third kappa shape index (κ3) is 2.29. The Labute approximate surface area is 123 Å². The molecule has 0 aromatic heterocycles. The molecule has 0 saturated heterocycles. The van der Waals surface area contributed by atoms with Gasteiger partial charge in [-0.2, -0.15) is 0 Å². The number of amides is 2. The van der Waals surface area contributed by atoms with Crippen LogP contribution in [-0.2, 0) is 11.2 Å². The molecule has 1 heterocycles. The number of nitrogens with two attached hydrogens (primary N) is 1. The number of nitrogens with zero attached hydrogens (tertiary/aromatic N) is 1. The largest absolute Gasteiger partial charge is 0.368 e. The molecule has 2 N–H and O–H groups in total. The molecule has 4 nitrogen and oxygen atoms in total. The molecule has 1 aliphatic heterocycles. The van der Waals surface area contributed by atoms with Crippen LogP contribution in [0.15, 0.2) is 48.5 Å². The summed E-state index contributed by atoms with van der Waals surface area (Å²) in [6, 6.07) is 14.2. The molecule has 2 aromatic carbocycles. The van der Waals surface area contributed by atoms with Crippen molar-refractivity contribution in [2.24, 2.45) is 5.73 Å². The summed E-state index contributed by atoms with van der Waals surface area (Å²) in [4.78, 5) is 26.0. The molecular weight excluding hydrogens is 264 g/mol. The van der Waals surface area contributed by atoms with E-state index >= 15 is 0 Å². The maximum atomic E-state index is 12.8. The SMILES string of the molecule is Cc1ccc(C(=O)N2c3ccccc3CC2C(N)=O)cc1. The predicted octanol–water partition coefficient (Wildman–Crippen LogP) is 2.05. The van der Waals surface area contributed by atoms with E-state index in [0.29, 0.717) is 12.0 Å². The van der Waals surface area contributed by atoms with Gasteiger partial charge in [0.05, 0.1) is 0 Å². The smallest absolute Gasteiger partial charge is 0.259 e. The van der Waals surface area contributed by atoms with Gasteiger partial charge in [0.15, 0.2) is 0 Å². The number of fused-ring (bicyclic) bond motifs is 1. The molecule has 0 bridgehead atoms. The van der Waals surface area contributed by atoms with Gasteiger partial charge in [-0.3, -0.25) is 14.5 Å². The monoisotopic (exact) mass is 280 g/mol. The van der Waals surface area contributed by atoms with Crippen LogP contribution < -0.4 is 10.6 Å². The van der Waals surface area contributed by atoms with Crippen LogP contribution in [0.3, 0.4) is 0 Å². The quantitative estimate of drug-likeness (QED) is 0.915. The lowest BCUT2D eigenvalue weighted by molar-refractivity contribution is -0.119. The first-order valence-electron chi connectivity index (χ1n) is 6.85. The van der Waals surface area contributed by atoms with E-state index in [1.165, 1.54) is 4.90 Å². The fraction of sp³-hybridized carbons (Fsp3) is 0.176. The standard InChI is InChI=1S/C17H16N2O2/c1-11-6-8-12(9-7-11)17(21)19-14-5-3-2-4-13(14)10-15(19)16(18)20/h2-9,15H,10H2,1H3,(H2,18,20). The Balaban J connectivity index is 2.03. The van der Waals surface area contributed by atoms with Gasteiger partial charge in [-0.15, -0.1) is 0 Å². The lowest BCUT2D eigenvalue weighted by Gasteiger charge is -2.23. The Hall–Kier alpha value is -2.62. The van der Waals surface area contributed by atoms with Crippen LogP contribution in [0.25, 0.3) is 0 Å². The van der Waals surface area contributed by atoms with Crippen LogP contribution in [0.4, 0.5) is 5.69 Å². The Morgan fingerprint density at radius 2 is 1.76 bits per heavy atom. The van der Waals surface area contributed by atoms with Crippen LogP contribution in [0.5, 0.6) is 0 Å². The lowest BCUT2D eigenvalue weighted by atomic mass is 10.1. The van der Waals surface area contributed by atoms with E-state index in [-0.39, 0.29) is 5.91 Å². The number of hydrogen-bond donors (Lipinski definition) is 1. The van der Waals surface area contributed by atoms with E-state index in [9.17, 15) is 9.59 Å². The van der Waals surface area contributed by atoms with Gasteiger partial charge in [-0.05, 0) is 30.7 Å². The molecule has 3 rings (SSSR count). The highest BCUT2D eigenvalue weighted by atomic mass is 16.2. The highest BCUT2D eigenvalue weighted by Gasteiger charge is 2.37.